The molecule has 1 N–H and O–H groups in total. The molecule has 2 saturated heterocycles. The van der Waals surface area contributed by atoms with Crippen molar-refractivity contribution >= 4 is 11.9 Å². The van der Waals surface area contributed by atoms with Crippen LogP contribution in [0, 0.1) is 10.8 Å². The Hall–Kier alpha value is -1.44. The summed E-state index contributed by atoms with van der Waals surface area (Å²) in [5.41, 5.74) is -0.890. The van der Waals surface area contributed by atoms with E-state index in [2.05, 4.69) is 6.08 Å². The topological polar surface area (TPSA) is 94.6 Å². The molecule has 2 heterocycles. The number of epoxide rings is 1. The molecule has 1 spiro atoms. The van der Waals surface area contributed by atoms with Crippen molar-refractivity contribution in [3.8, 4) is 0 Å². The Labute approximate surface area is 152 Å². The Morgan fingerprint density at radius 3 is 2.62 bits per heavy atom. The Kier molecular flexibility index (Phi) is 3.82. The van der Waals surface area contributed by atoms with Crippen molar-refractivity contribution in [2.24, 2.45) is 10.8 Å². The summed E-state index contributed by atoms with van der Waals surface area (Å²) in [5, 5.41) is 10.9. The first-order valence-electron chi connectivity index (χ1n) is 9.13. The predicted octanol–water partition coefficient (Wildman–Crippen LogP) is 1.12. The van der Waals surface area contributed by atoms with Gasteiger partial charge in [-0.05, 0) is 19.8 Å². The zero-order chi connectivity index (χ0) is 18.9. The highest BCUT2D eigenvalue weighted by molar-refractivity contribution is 5.67. The van der Waals surface area contributed by atoms with Crippen LogP contribution in [-0.4, -0.2) is 60.3 Å². The molecule has 4 aliphatic rings. The molecule has 2 aliphatic carbocycles. The minimum absolute atomic E-state index is 0.135. The van der Waals surface area contributed by atoms with E-state index in [1.165, 1.54) is 19.4 Å². The van der Waals surface area contributed by atoms with Gasteiger partial charge in [0, 0.05) is 19.3 Å². The third kappa shape index (κ3) is 2.05. The average molecular weight is 366 g/mol. The van der Waals surface area contributed by atoms with Gasteiger partial charge in [0.25, 0.3) is 0 Å². The van der Waals surface area contributed by atoms with Crippen molar-refractivity contribution < 1.29 is 33.6 Å². The molecule has 0 aromatic carbocycles. The zero-order valence-corrected chi connectivity index (χ0v) is 15.6. The summed E-state index contributed by atoms with van der Waals surface area (Å²) in [6.07, 6.45) is 0.896. The summed E-state index contributed by atoms with van der Waals surface area (Å²) < 4.78 is 23.3. The fourth-order valence-electron chi connectivity index (χ4n) is 5.60. The van der Waals surface area contributed by atoms with Crippen LogP contribution in [0.2, 0.25) is 0 Å². The molecule has 144 valence electrons. The van der Waals surface area contributed by atoms with Crippen LogP contribution in [0.3, 0.4) is 0 Å². The SMILES string of the molecule is CC(=O)OC[C@]12CCC(C)=C[C@H]1O[C@@H]1[C@H](O)C(OC(C)=O)[C@@]2(C)[C@]12CO2. The van der Waals surface area contributed by atoms with Gasteiger partial charge in [-0.1, -0.05) is 18.6 Å². The first kappa shape index (κ1) is 17.9. The van der Waals surface area contributed by atoms with Crippen LogP contribution in [0.5, 0.6) is 0 Å². The number of aliphatic hydroxyl groups excluding tert-OH is 1. The molecular weight excluding hydrogens is 340 g/mol. The zero-order valence-electron chi connectivity index (χ0n) is 15.6. The maximum absolute atomic E-state index is 11.8. The Balaban J connectivity index is 1.86. The minimum atomic E-state index is -0.986. The Bertz CT molecular complexity index is 681. The molecular formula is C19H26O7. The van der Waals surface area contributed by atoms with E-state index in [9.17, 15) is 14.7 Å². The maximum atomic E-state index is 11.8. The molecule has 26 heavy (non-hydrogen) atoms. The highest BCUT2D eigenvalue weighted by atomic mass is 16.7. The van der Waals surface area contributed by atoms with E-state index in [0.717, 1.165) is 6.42 Å². The summed E-state index contributed by atoms with van der Waals surface area (Å²) in [7, 11) is 0. The largest absolute Gasteiger partial charge is 0.465 e. The first-order chi connectivity index (χ1) is 12.2. The van der Waals surface area contributed by atoms with Crippen LogP contribution in [-0.2, 0) is 28.5 Å². The number of fused-ring (bicyclic) bond motifs is 2. The molecule has 7 atom stereocenters. The number of allylic oxidation sites excluding steroid dienone is 1. The van der Waals surface area contributed by atoms with E-state index in [1.54, 1.807) is 0 Å². The minimum Gasteiger partial charge on any atom is -0.465 e. The first-order valence-corrected chi connectivity index (χ1v) is 9.13. The highest BCUT2D eigenvalue weighted by Gasteiger charge is 2.85. The van der Waals surface area contributed by atoms with E-state index in [1.807, 2.05) is 13.8 Å². The molecule has 7 nitrogen and oxygen atoms in total. The van der Waals surface area contributed by atoms with Crippen molar-refractivity contribution in [3.05, 3.63) is 11.6 Å². The molecule has 4 rings (SSSR count). The standard InChI is InChI=1S/C19H26O7/c1-10-5-6-18(8-23-11(2)20)13(7-10)26-16-14(22)15(25-12(3)21)17(18,4)19(16)9-24-19/h7,13-16,22H,5-6,8-9H2,1-4H3/t13-,14-,15?,16-,17-,18-,19+/m1/s1. The summed E-state index contributed by atoms with van der Waals surface area (Å²) in [6.45, 7) is 7.31. The number of aliphatic hydroxyl groups is 1. The molecule has 1 saturated carbocycles. The fourth-order valence-corrected chi connectivity index (χ4v) is 5.60. The third-order valence-corrected chi connectivity index (χ3v) is 7.08. The molecule has 0 amide bonds. The van der Waals surface area contributed by atoms with Crippen LogP contribution >= 0.6 is 0 Å². The number of rotatable bonds is 3. The second-order valence-corrected chi connectivity index (χ2v) is 8.33. The second-order valence-electron chi connectivity index (χ2n) is 8.33. The predicted molar refractivity (Wildman–Crippen MR) is 89.1 cm³/mol. The van der Waals surface area contributed by atoms with Gasteiger partial charge in [0.1, 0.15) is 30.5 Å². The fraction of sp³-hybridized carbons (Fsp3) is 0.789. The molecule has 1 unspecified atom stereocenters. The molecule has 3 fully saturated rings. The lowest BCUT2D eigenvalue weighted by atomic mass is 9.51. The van der Waals surface area contributed by atoms with Gasteiger partial charge in [-0.3, -0.25) is 9.59 Å². The van der Waals surface area contributed by atoms with E-state index < -0.39 is 40.7 Å². The summed E-state index contributed by atoms with van der Waals surface area (Å²) >= 11 is 0. The van der Waals surface area contributed by atoms with Crippen LogP contribution in [0.1, 0.15) is 40.5 Å². The van der Waals surface area contributed by atoms with Gasteiger partial charge in [0.15, 0.2) is 0 Å². The van der Waals surface area contributed by atoms with E-state index >= 15 is 0 Å². The van der Waals surface area contributed by atoms with Gasteiger partial charge in [-0.2, -0.15) is 0 Å². The Morgan fingerprint density at radius 1 is 1.35 bits per heavy atom. The lowest BCUT2D eigenvalue weighted by Gasteiger charge is -2.58. The van der Waals surface area contributed by atoms with Crippen LogP contribution in [0.25, 0.3) is 0 Å². The summed E-state index contributed by atoms with van der Waals surface area (Å²) in [5.74, 6) is -0.830. The number of carbonyl (C=O) groups excluding carboxylic acids is 2. The van der Waals surface area contributed by atoms with Gasteiger partial charge >= 0.3 is 11.9 Å². The lowest BCUT2D eigenvalue weighted by Crippen LogP contribution is -2.66. The summed E-state index contributed by atoms with van der Waals surface area (Å²) in [4.78, 5) is 23.4. The van der Waals surface area contributed by atoms with Crippen molar-refractivity contribution in [3.63, 3.8) is 0 Å². The van der Waals surface area contributed by atoms with Gasteiger partial charge < -0.3 is 24.1 Å². The third-order valence-electron chi connectivity index (χ3n) is 7.08. The van der Waals surface area contributed by atoms with Crippen LogP contribution in [0.4, 0.5) is 0 Å². The number of hydrogen-bond acceptors (Lipinski definition) is 7. The van der Waals surface area contributed by atoms with Gasteiger partial charge in [0.05, 0.1) is 18.1 Å². The van der Waals surface area contributed by atoms with E-state index in [0.29, 0.717) is 13.0 Å². The monoisotopic (exact) mass is 366 g/mol. The van der Waals surface area contributed by atoms with Crippen LogP contribution in [0.15, 0.2) is 11.6 Å². The Morgan fingerprint density at radius 2 is 2.04 bits per heavy atom. The molecule has 2 bridgehead atoms. The van der Waals surface area contributed by atoms with Gasteiger partial charge in [-0.15, -0.1) is 0 Å². The van der Waals surface area contributed by atoms with Crippen molar-refractivity contribution in [1.29, 1.82) is 0 Å². The van der Waals surface area contributed by atoms with E-state index in [4.69, 9.17) is 18.9 Å². The second kappa shape index (κ2) is 5.53. The average Bonchev–Trinajstić information content (AvgIpc) is 3.34. The molecule has 0 aromatic rings. The van der Waals surface area contributed by atoms with Gasteiger partial charge in [0.2, 0.25) is 0 Å². The van der Waals surface area contributed by atoms with Crippen molar-refractivity contribution in [2.75, 3.05) is 13.2 Å². The van der Waals surface area contributed by atoms with Gasteiger partial charge in [-0.25, -0.2) is 0 Å². The number of carbonyl (C=O) groups is 2. The summed E-state index contributed by atoms with van der Waals surface area (Å²) in [6, 6.07) is 0. The highest BCUT2D eigenvalue weighted by Crippen LogP contribution is 2.72. The smallest absolute Gasteiger partial charge is 0.303 e. The van der Waals surface area contributed by atoms with Crippen molar-refractivity contribution in [1.82, 2.24) is 0 Å². The van der Waals surface area contributed by atoms with Crippen LogP contribution < -0.4 is 0 Å². The number of esters is 2. The lowest BCUT2D eigenvalue weighted by molar-refractivity contribution is -0.233. The molecule has 2 aliphatic heterocycles. The quantitative estimate of drug-likeness (QED) is 0.454. The maximum Gasteiger partial charge on any atom is 0.303 e. The number of hydrogen-bond donors (Lipinski definition) is 1. The van der Waals surface area contributed by atoms with Crippen molar-refractivity contribution in [2.45, 2.75) is 70.6 Å². The molecule has 0 aromatic heterocycles. The molecule has 0 radical (unpaired) electrons. The molecule has 7 heteroatoms. The number of ether oxygens (including phenoxy) is 4. The normalized spacial score (nSPS) is 48.6. The van der Waals surface area contributed by atoms with E-state index in [-0.39, 0.29) is 18.7 Å².